The predicted octanol–water partition coefficient (Wildman–Crippen LogP) is 6.99. The van der Waals surface area contributed by atoms with Crippen molar-refractivity contribution in [1.29, 1.82) is 0 Å². The van der Waals surface area contributed by atoms with Crippen LogP contribution in [0.2, 0.25) is 0 Å². The van der Waals surface area contributed by atoms with Crippen molar-refractivity contribution in [3.8, 4) is 5.75 Å². The molecule has 0 radical (unpaired) electrons. The Kier molecular flexibility index (Phi) is 7.93. The Hall–Kier alpha value is -2.07. The van der Waals surface area contributed by atoms with Crippen LogP contribution in [0.5, 0.6) is 5.75 Å². The molecule has 0 amide bonds. The lowest BCUT2D eigenvalue weighted by Crippen LogP contribution is -2.35. The lowest BCUT2D eigenvalue weighted by molar-refractivity contribution is 0.401. The zero-order valence-corrected chi connectivity index (χ0v) is 20.5. The number of rotatable bonds is 6. The van der Waals surface area contributed by atoms with E-state index in [1.165, 1.54) is 5.56 Å². The molecule has 0 atom stereocenters. The summed E-state index contributed by atoms with van der Waals surface area (Å²) in [6, 6.07) is 14.4. The van der Waals surface area contributed by atoms with E-state index in [1.807, 2.05) is 30.3 Å². The number of nitrogens with zero attached hydrogens (tertiary/aromatic N) is 1. The minimum Gasteiger partial charge on any atom is -0.507 e. The summed E-state index contributed by atoms with van der Waals surface area (Å²) in [6.45, 7) is 16.7. The fraction of sp³-hybridized carbons (Fsp3) is 0.500. The maximum absolute atomic E-state index is 11.0. The highest BCUT2D eigenvalue weighted by Gasteiger charge is 2.27. The van der Waals surface area contributed by atoms with Crippen LogP contribution in [0.4, 0.5) is 5.69 Å². The number of aromatic hydroxyl groups is 1. The summed E-state index contributed by atoms with van der Waals surface area (Å²) in [5.41, 5.74) is 3.87. The molecule has 0 saturated heterocycles. The van der Waals surface area contributed by atoms with Crippen molar-refractivity contribution in [3.63, 3.8) is 0 Å². The smallest absolute Gasteiger partial charge is 0.173 e. The molecule has 0 heterocycles. The average Bonchev–Trinajstić information content (AvgIpc) is 2.65. The second-order valence-corrected chi connectivity index (χ2v) is 10.5. The van der Waals surface area contributed by atoms with Crippen LogP contribution in [-0.4, -0.2) is 21.7 Å². The summed E-state index contributed by atoms with van der Waals surface area (Å²) in [7, 11) is 0. The molecular formula is C26H38N2OS. The van der Waals surface area contributed by atoms with Crippen LogP contribution >= 0.6 is 12.2 Å². The quantitative estimate of drug-likeness (QED) is 0.488. The van der Waals surface area contributed by atoms with Crippen molar-refractivity contribution in [2.45, 2.75) is 78.7 Å². The Bertz CT molecular complexity index is 813. The van der Waals surface area contributed by atoms with Crippen molar-refractivity contribution < 1.29 is 5.11 Å². The SMILES string of the molecule is CCCCN(Cc1cc(C(C)(C)C)c(O)c(C(C)(C)C)c1)C(=S)Nc1ccccc1. The first-order valence-electron chi connectivity index (χ1n) is 10.9. The van der Waals surface area contributed by atoms with Crippen LogP contribution in [0.1, 0.15) is 78.0 Å². The number of phenolic OH excluding ortho intramolecular Hbond substituents is 1. The molecule has 0 spiro atoms. The minimum atomic E-state index is -0.142. The molecule has 2 N–H and O–H groups in total. The van der Waals surface area contributed by atoms with E-state index in [9.17, 15) is 5.11 Å². The van der Waals surface area contributed by atoms with Crippen molar-refractivity contribution in [2.24, 2.45) is 0 Å². The number of thiocarbonyl (C=S) groups is 1. The maximum atomic E-state index is 11.0. The highest BCUT2D eigenvalue weighted by molar-refractivity contribution is 7.80. The summed E-state index contributed by atoms with van der Waals surface area (Å²) in [6.07, 6.45) is 2.19. The van der Waals surface area contributed by atoms with Crippen LogP contribution in [0.3, 0.4) is 0 Å². The van der Waals surface area contributed by atoms with Gasteiger partial charge in [-0.1, -0.05) is 73.1 Å². The molecule has 0 aromatic heterocycles. The molecule has 0 fully saturated rings. The standard InChI is InChI=1S/C26H38N2OS/c1-8-9-15-28(24(30)27-20-13-11-10-12-14-20)18-19-16-21(25(2,3)4)23(29)22(17-19)26(5,6)7/h10-14,16-17,29H,8-9,15,18H2,1-7H3,(H,27,30). The molecule has 2 aromatic carbocycles. The van der Waals surface area contributed by atoms with Gasteiger partial charge in [-0.3, -0.25) is 0 Å². The number of hydrogen-bond donors (Lipinski definition) is 2. The van der Waals surface area contributed by atoms with E-state index < -0.39 is 0 Å². The van der Waals surface area contributed by atoms with Crippen LogP contribution in [-0.2, 0) is 17.4 Å². The molecular weight excluding hydrogens is 388 g/mol. The zero-order chi connectivity index (χ0) is 22.5. The average molecular weight is 427 g/mol. The molecule has 164 valence electrons. The van der Waals surface area contributed by atoms with Gasteiger partial charge in [0.25, 0.3) is 0 Å². The van der Waals surface area contributed by atoms with Crippen molar-refractivity contribution in [3.05, 3.63) is 59.2 Å². The highest BCUT2D eigenvalue weighted by atomic mass is 32.1. The number of unbranched alkanes of at least 4 members (excludes halogenated alkanes) is 1. The fourth-order valence-corrected chi connectivity index (χ4v) is 3.75. The van der Waals surface area contributed by atoms with E-state index in [-0.39, 0.29) is 10.8 Å². The largest absolute Gasteiger partial charge is 0.507 e. The first-order valence-corrected chi connectivity index (χ1v) is 11.3. The van der Waals surface area contributed by atoms with Crippen molar-refractivity contribution in [1.82, 2.24) is 4.90 Å². The fourth-order valence-electron chi connectivity index (χ4n) is 3.47. The molecule has 2 aromatic rings. The summed E-state index contributed by atoms with van der Waals surface area (Å²) >= 11 is 5.77. The Balaban J connectivity index is 2.39. The van der Waals surface area contributed by atoms with Crippen LogP contribution in [0, 0.1) is 0 Å². The van der Waals surface area contributed by atoms with E-state index in [1.54, 1.807) is 0 Å². The predicted molar refractivity (Wildman–Crippen MR) is 133 cm³/mol. The molecule has 2 rings (SSSR count). The first kappa shape index (κ1) is 24.2. The van der Waals surface area contributed by atoms with E-state index >= 15 is 0 Å². The normalized spacial score (nSPS) is 12.0. The Morgan fingerprint density at radius 3 is 1.97 bits per heavy atom. The summed E-state index contributed by atoms with van der Waals surface area (Å²) in [4.78, 5) is 2.23. The first-order chi connectivity index (χ1) is 13.9. The second kappa shape index (κ2) is 9.82. The molecule has 3 nitrogen and oxygen atoms in total. The van der Waals surface area contributed by atoms with Gasteiger partial charge in [-0.2, -0.15) is 0 Å². The van der Waals surface area contributed by atoms with Crippen molar-refractivity contribution >= 4 is 23.0 Å². The van der Waals surface area contributed by atoms with Crippen molar-refractivity contribution in [2.75, 3.05) is 11.9 Å². The number of anilines is 1. The van der Waals surface area contributed by atoms with Gasteiger partial charge in [0, 0.05) is 18.8 Å². The Morgan fingerprint density at radius 1 is 0.967 bits per heavy atom. The zero-order valence-electron chi connectivity index (χ0n) is 19.7. The Morgan fingerprint density at radius 2 is 1.50 bits per heavy atom. The molecule has 30 heavy (non-hydrogen) atoms. The monoisotopic (exact) mass is 426 g/mol. The number of phenols is 1. The van der Waals surface area contributed by atoms with E-state index in [0.29, 0.717) is 12.3 Å². The second-order valence-electron chi connectivity index (χ2n) is 10.1. The van der Waals surface area contributed by atoms with Crippen LogP contribution in [0.15, 0.2) is 42.5 Å². The lowest BCUT2D eigenvalue weighted by Gasteiger charge is -2.30. The van der Waals surface area contributed by atoms with Crippen LogP contribution in [0.25, 0.3) is 0 Å². The van der Waals surface area contributed by atoms with E-state index in [0.717, 1.165) is 41.3 Å². The van der Waals surface area contributed by atoms with Gasteiger partial charge in [-0.05, 0) is 70.4 Å². The molecule has 0 aliphatic rings. The third-order valence-electron chi connectivity index (χ3n) is 5.25. The topological polar surface area (TPSA) is 35.5 Å². The molecule has 0 saturated carbocycles. The van der Waals surface area contributed by atoms with E-state index in [2.05, 4.69) is 70.8 Å². The number of benzene rings is 2. The molecule has 0 unspecified atom stereocenters. The minimum absolute atomic E-state index is 0.142. The van der Waals surface area contributed by atoms with Gasteiger partial charge in [0.2, 0.25) is 0 Å². The van der Waals surface area contributed by atoms with Gasteiger partial charge in [-0.15, -0.1) is 0 Å². The van der Waals surface area contributed by atoms with Crippen LogP contribution < -0.4 is 5.32 Å². The lowest BCUT2D eigenvalue weighted by atomic mass is 9.78. The molecule has 4 heteroatoms. The van der Waals surface area contributed by atoms with Gasteiger partial charge in [0.15, 0.2) is 5.11 Å². The van der Waals surface area contributed by atoms with Gasteiger partial charge >= 0.3 is 0 Å². The van der Waals surface area contributed by atoms with Gasteiger partial charge in [0.1, 0.15) is 5.75 Å². The van der Waals surface area contributed by atoms with E-state index in [4.69, 9.17) is 12.2 Å². The summed E-state index contributed by atoms with van der Waals surface area (Å²) in [5, 5.41) is 15.1. The summed E-state index contributed by atoms with van der Waals surface area (Å²) < 4.78 is 0. The van der Waals surface area contributed by atoms with Gasteiger partial charge in [-0.25, -0.2) is 0 Å². The number of para-hydroxylation sites is 1. The summed E-state index contributed by atoms with van der Waals surface area (Å²) in [5.74, 6) is 0.420. The third kappa shape index (κ3) is 6.46. The number of nitrogens with one attached hydrogen (secondary N) is 1. The number of hydrogen-bond acceptors (Lipinski definition) is 2. The maximum Gasteiger partial charge on any atom is 0.173 e. The third-order valence-corrected chi connectivity index (χ3v) is 5.61. The highest BCUT2D eigenvalue weighted by Crippen LogP contribution is 2.40. The van der Waals surface area contributed by atoms with Gasteiger partial charge in [0.05, 0.1) is 0 Å². The Labute approximate surface area is 188 Å². The van der Waals surface area contributed by atoms with Gasteiger partial charge < -0.3 is 15.3 Å². The molecule has 0 aliphatic carbocycles. The molecule has 0 aliphatic heterocycles. The molecule has 0 bridgehead atoms.